The molecule has 0 radical (unpaired) electrons. The smallest absolute Gasteiger partial charge is 0.303 e. The average Bonchev–Trinajstić information content (AvgIpc) is 3.66. The van der Waals surface area contributed by atoms with E-state index in [1.54, 1.807) is 4.90 Å². The number of ether oxygens (including phenoxy) is 1. The minimum atomic E-state index is -0.845. The fraction of sp³-hybridized carbons (Fsp3) is 0.533. The number of aliphatic carboxylic acids is 1. The van der Waals surface area contributed by atoms with Gasteiger partial charge in [0, 0.05) is 54.9 Å². The molecular weight excluding hydrogens is 560 g/mol. The number of rotatable bonds is 12. The molecule has 0 bridgehead atoms. The summed E-state index contributed by atoms with van der Waals surface area (Å²) in [5.41, 5.74) is 4.77. The fourth-order valence-electron chi connectivity index (χ4n) is 4.90. The van der Waals surface area contributed by atoms with Crippen molar-refractivity contribution in [3.63, 3.8) is 0 Å². The van der Waals surface area contributed by atoms with Gasteiger partial charge in [-0.05, 0) is 49.3 Å². The molecule has 0 atom stereocenters. The first kappa shape index (κ1) is 30.6. The molecule has 0 amide bonds. The lowest BCUT2D eigenvalue weighted by Crippen LogP contribution is -2.31. The van der Waals surface area contributed by atoms with Crippen molar-refractivity contribution in [2.75, 3.05) is 31.6 Å². The quantitative estimate of drug-likeness (QED) is 0.229. The number of carbonyl (C=O) groups is 2. The molecule has 0 spiro atoms. The fourth-order valence-corrected chi connectivity index (χ4v) is 4.90. The van der Waals surface area contributed by atoms with Crippen LogP contribution < -0.4 is 9.64 Å². The summed E-state index contributed by atoms with van der Waals surface area (Å²) in [5, 5.41) is 17.7. The first-order chi connectivity index (χ1) is 18.0. The zero-order valence-electron chi connectivity index (χ0n) is 23.7. The molecule has 0 saturated heterocycles. The van der Waals surface area contributed by atoms with Gasteiger partial charge in [-0.25, -0.2) is 4.98 Å². The van der Waals surface area contributed by atoms with Gasteiger partial charge in [0.05, 0.1) is 18.8 Å². The Balaban J connectivity index is 0.00000420. The molecule has 1 aromatic heterocycles. The standard InChI is InChI=1S/C30H40N4O4.BrH/c1-6-13-33(5)24-16-21(15-22(30(2,3)4)28(24)38-14-7-8-26(36)37)25(35)18-34-17-20-11-12-23(19-9-10-19)32-27(20)29(34)31;/h11-12,15-16,19,31H,6-10,13-14,17-18H2,1-5H3,(H,36,37);1H. The van der Waals surface area contributed by atoms with Crippen LogP contribution in [0.4, 0.5) is 5.69 Å². The van der Waals surface area contributed by atoms with E-state index in [2.05, 4.69) is 44.7 Å². The largest absolute Gasteiger partial charge is 0.491 e. The van der Waals surface area contributed by atoms with Crippen molar-refractivity contribution in [3.8, 4) is 5.75 Å². The molecule has 2 N–H and O–H groups in total. The van der Waals surface area contributed by atoms with Crippen molar-refractivity contribution in [2.24, 2.45) is 0 Å². The minimum absolute atomic E-state index is 0. The maximum Gasteiger partial charge on any atom is 0.303 e. The van der Waals surface area contributed by atoms with Crippen LogP contribution in [0.25, 0.3) is 0 Å². The number of carboxylic acids is 1. The number of pyridine rings is 1. The van der Waals surface area contributed by atoms with Crippen molar-refractivity contribution in [1.29, 1.82) is 5.41 Å². The van der Waals surface area contributed by atoms with Crippen LogP contribution in [0.5, 0.6) is 5.75 Å². The minimum Gasteiger partial charge on any atom is -0.491 e. The number of halogens is 1. The second-order valence-corrected chi connectivity index (χ2v) is 11.5. The molecular formula is C30H41BrN4O4. The zero-order chi connectivity index (χ0) is 27.6. The lowest BCUT2D eigenvalue weighted by atomic mass is 9.84. The van der Waals surface area contributed by atoms with Crippen molar-refractivity contribution >= 4 is 40.3 Å². The van der Waals surface area contributed by atoms with Gasteiger partial charge < -0.3 is 19.6 Å². The average molecular weight is 602 g/mol. The number of fused-ring (bicyclic) bond motifs is 1. The van der Waals surface area contributed by atoms with Crippen LogP contribution in [-0.4, -0.2) is 59.3 Å². The molecule has 2 aliphatic rings. The van der Waals surface area contributed by atoms with E-state index < -0.39 is 5.97 Å². The Morgan fingerprint density at radius 1 is 1.23 bits per heavy atom. The third-order valence-electron chi connectivity index (χ3n) is 7.18. The lowest BCUT2D eigenvalue weighted by Gasteiger charge is -2.30. The summed E-state index contributed by atoms with van der Waals surface area (Å²) in [6.07, 6.45) is 3.70. The van der Waals surface area contributed by atoms with Gasteiger partial charge in [0.15, 0.2) is 5.78 Å². The van der Waals surface area contributed by atoms with Gasteiger partial charge in [-0.3, -0.25) is 15.0 Å². The highest BCUT2D eigenvalue weighted by atomic mass is 79.9. The van der Waals surface area contributed by atoms with E-state index in [1.165, 1.54) is 0 Å². The van der Waals surface area contributed by atoms with Crippen LogP contribution in [0.2, 0.25) is 0 Å². The van der Waals surface area contributed by atoms with E-state index in [-0.39, 0.29) is 47.8 Å². The summed E-state index contributed by atoms with van der Waals surface area (Å²) >= 11 is 0. The molecule has 1 aliphatic carbocycles. The van der Waals surface area contributed by atoms with Gasteiger partial charge in [0.2, 0.25) is 0 Å². The Labute approximate surface area is 242 Å². The number of ketones is 1. The summed E-state index contributed by atoms with van der Waals surface area (Å²) in [6.45, 7) is 10.0. The highest BCUT2D eigenvalue weighted by Crippen LogP contribution is 2.41. The van der Waals surface area contributed by atoms with Crippen molar-refractivity contribution in [1.82, 2.24) is 9.88 Å². The molecule has 8 nitrogen and oxygen atoms in total. The van der Waals surface area contributed by atoms with Crippen LogP contribution in [0.15, 0.2) is 24.3 Å². The van der Waals surface area contributed by atoms with Gasteiger partial charge in [-0.2, -0.15) is 0 Å². The maximum atomic E-state index is 13.7. The zero-order valence-corrected chi connectivity index (χ0v) is 25.4. The SMILES string of the molecule is Br.CCCN(C)c1cc(C(=O)CN2Cc3ccc(C4CC4)nc3C2=N)cc(C(C)(C)C)c1OCCCC(=O)O. The Morgan fingerprint density at radius 2 is 1.95 bits per heavy atom. The predicted molar refractivity (Wildman–Crippen MR) is 159 cm³/mol. The molecule has 9 heteroatoms. The van der Waals surface area contributed by atoms with Gasteiger partial charge in [-0.1, -0.05) is 33.8 Å². The topological polar surface area (TPSA) is 107 Å². The second-order valence-electron chi connectivity index (χ2n) is 11.5. The van der Waals surface area contributed by atoms with Gasteiger partial charge in [0.25, 0.3) is 0 Å². The Bertz CT molecular complexity index is 1240. The molecule has 2 heterocycles. The summed E-state index contributed by atoms with van der Waals surface area (Å²) in [4.78, 5) is 33.3. The van der Waals surface area contributed by atoms with Crippen LogP contribution in [0, 0.1) is 5.41 Å². The molecule has 2 aromatic rings. The lowest BCUT2D eigenvalue weighted by molar-refractivity contribution is -0.137. The van der Waals surface area contributed by atoms with E-state index in [0.29, 0.717) is 41.7 Å². The Kier molecular flexibility index (Phi) is 9.80. The third-order valence-corrected chi connectivity index (χ3v) is 7.18. The Hall–Kier alpha value is -2.94. The number of Topliss-reactive ketones (excluding diaryl/α,β-unsaturated/α-hetero) is 1. The van der Waals surface area contributed by atoms with Crippen LogP contribution in [0.3, 0.4) is 0 Å². The first-order valence-electron chi connectivity index (χ1n) is 13.6. The number of amidine groups is 1. The molecule has 212 valence electrons. The number of carbonyl (C=O) groups excluding carboxylic acids is 1. The molecule has 0 unspecified atom stereocenters. The van der Waals surface area contributed by atoms with Crippen molar-refractivity contribution in [2.45, 2.75) is 77.7 Å². The summed E-state index contributed by atoms with van der Waals surface area (Å²) in [7, 11) is 1.99. The number of carboxylic acid groups (broad SMARTS) is 1. The summed E-state index contributed by atoms with van der Waals surface area (Å²) in [6, 6.07) is 7.92. The number of nitrogens with one attached hydrogen (secondary N) is 1. The van der Waals surface area contributed by atoms with Crippen molar-refractivity contribution in [3.05, 3.63) is 52.3 Å². The predicted octanol–water partition coefficient (Wildman–Crippen LogP) is 5.95. The van der Waals surface area contributed by atoms with Crippen LogP contribution >= 0.6 is 17.0 Å². The van der Waals surface area contributed by atoms with Crippen molar-refractivity contribution < 1.29 is 19.4 Å². The van der Waals surface area contributed by atoms with Gasteiger partial charge in [0.1, 0.15) is 17.3 Å². The number of nitrogens with zero attached hydrogens (tertiary/aromatic N) is 3. The monoisotopic (exact) mass is 600 g/mol. The van der Waals surface area contributed by atoms with E-state index >= 15 is 0 Å². The van der Waals surface area contributed by atoms with Gasteiger partial charge >= 0.3 is 5.97 Å². The summed E-state index contributed by atoms with van der Waals surface area (Å²) in [5.74, 6) is 0.631. The molecule has 1 saturated carbocycles. The normalized spacial score (nSPS) is 14.6. The maximum absolute atomic E-state index is 13.7. The first-order valence-corrected chi connectivity index (χ1v) is 13.6. The highest BCUT2D eigenvalue weighted by molar-refractivity contribution is 8.93. The Morgan fingerprint density at radius 3 is 2.56 bits per heavy atom. The number of hydrogen-bond acceptors (Lipinski definition) is 6. The molecule has 1 aromatic carbocycles. The summed E-state index contributed by atoms with van der Waals surface area (Å²) < 4.78 is 6.21. The number of benzene rings is 1. The molecule has 1 fully saturated rings. The number of anilines is 1. The van der Waals surface area contributed by atoms with E-state index in [0.717, 1.165) is 48.3 Å². The second kappa shape index (κ2) is 12.5. The van der Waals surface area contributed by atoms with Crippen LogP contribution in [0.1, 0.15) is 98.6 Å². The number of hydrogen-bond donors (Lipinski definition) is 2. The van der Waals surface area contributed by atoms with E-state index in [9.17, 15) is 9.59 Å². The molecule has 4 rings (SSSR count). The molecule has 1 aliphatic heterocycles. The molecule has 39 heavy (non-hydrogen) atoms. The highest BCUT2D eigenvalue weighted by Gasteiger charge is 2.32. The number of aromatic nitrogens is 1. The van der Waals surface area contributed by atoms with E-state index in [1.807, 2.05) is 19.2 Å². The van der Waals surface area contributed by atoms with Crippen LogP contribution in [-0.2, 0) is 16.8 Å². The van der Waals surface area contributed by atoms with E-state index in [4.69, 9.17) is 20.2 Å². The third kappa shape index (κ3) is 7.18. The van der Waals surface area contributed by atoms with Gasteiger partial charge in [-0.15, -0.1) is 17.0 Å².